The van der Waals surface area contributed by atoms with E-state index in [0.717, 1.165) is 28.6 Å². The van der Waals surface area contributed by atoms with E-state index in [1.807, 2.05) is 0 Å². The number of halogens is 1. The fourth-order valence-electron chi connectivity index (χ4n) is 3.02. The molecule has 0 bridgehead atoms. The molecule has 0 saturated carbocycles. The zero-order valence-corrected chi connectivity index (χ0v) is 18.4. The predicted molar refractivity (Wildman–Crippen MR) is 114 cm³/mol. The van der Waals surface area contributed by atoms with E-state index in [0.29, 0.717) is 0 Å². The highest BCUT2D eigenvalue weighted by molar-refractivity contribution is 7.92. The number of anilines is 2. The lowest BCUT2D eigenvalue weighted by atomic mass is 10.2. The van der Waals surface area contributed by atoms with Gasteiger partial charge in [-0.25, -0.2) is 22.3 Å². The highest BCUT2D eigenvalue weighted by Gasteiger charge is 2.35. The molecule has 0 aromatic heterocycles. The van der Waals surface area contributed by atoms with E-state index < -0.39 is 38.2 Å². The Bertz CT molecular complexity index is 1200. The van der Waals surface area contributed by atoms with Crippen LogP contribution in [-0.2, 0) is 20.2 Å². The Morgan fingerprint density at radius 1 is 1.16 bits per heavy atom. The molecule has 1 atom stereocenters. The van der Waals surface area contributed by atoms with Crippen LogP contribution in [0, 0.1) is 5.82 Å². The van der Waals surface area contributed by atoms with Crippen LogP contribution in [0.25, 0.3) is 0 Å². The summed E-state index contributed by atoms with van der Waals surface area (Å²) in [5.41, 5.74) is 0.150. The average molecular weight is 489 g/mol. The number of amides is 1. The van der Waals surface area contributed by atoms with Crippen LogP contribution in [0.5, 0.6) is 5.75 Å². The van der Waals surface area contributed by atoms with Crippen LogP contribution in [0.3, 0.4) is 0 Å². The Kier molecular flexibility index (Phi) is 6.88. The van der Waals surface area contributed by atoms with Gasteiger partial charge in [0.15, 0.2) is 0 Å². The van der Waals surface area contributed by atoms with Crippen molar-refractivity contribution >= 4 is 37.7 Å². The van der Waals surface area contributed by atoms with Crippen molar-refractivity contribution in [2.75, 3.05) is 29.3 Å². The van der Waals surface area contributed by atoms with Crippen molar-refractivity contribution in [2.45, 2.75) is 17.9 Å². The fourth-order valence-corrected chi connectivity index (χ4v) is 5.41. The van der Waals surface area contributed by atoms with E-state index in [4.69, 9.17) is 9.84 Å². The number of rotatable bonds is 8. The molecular formula is C18H21FN4O7S2. The monoisotopic (exact) mass is 488 g/mol. The number of nitrogens with one attached hydrogen (secondary N) is 3. The van der Waals surface area contributed by atoms with Gasteiger partial charge in [0.25, 0.3) is 20.2 Å². The summed E-state index contributed by atoms with van der Waals surface area (Å²) in [6.45, 7) is 1.25. The number of ether oxygens (including phenoxy) is 1. The van der Waals surface area contributed by atoms with Crippen molar-refractivity contribution in [3.05, 3.63) is 48.3 Å². The third-order valence-electron chi connectivity index (χ3n) is 4.38. The maximum Gasteiger partial charge on any atom is 0.409 e. The van der Waals surface area contributed by atoms with Crippen molar-refractivity contribution in [1.29, 1.82) is 0 Å². The summed E-state index contributed by atoms with van der Waals surface area (Å²) in [5.74, 6) is -0.513. The van der Waals surface area contributed by atoms with Gasteiger partial charge in [0, 0.05) is 12.2 Å². The zero-order valence-electron chi connectivity index (χ0n) is 16.8. The maximum absolute atomic E-state index is 13.3. The van der Waals surface area contributed by atoms with Gasteiger partial charge in [0.05, 0.1) is 23.7 Å². The number of hydrogen-bond donors (Lipinski definition) is 4. The van der Waals surface area contributed by atoms with Gasteiger partial charge in [-0.3, -0.25) is 9.62 Å². The van der Waals surface area contributed by atoms with Crippen LogP contribution in [-0.4, -0.2) is 53.8 Å². The first kappa shape index (κ1) is 23.7. The van der Waals surface area contributed by atoms with Crippen molar-refractivity contribution in [2.24, 2.45) is 0 Å². The average Bonchev–Trinajstić information content (AvgIpc) is 2.71. The maximum atomic E-state index is 13.3. The van der Waals surface area contributed by atoms with E-state index in [1.165, 1.54) is 18.2 Å². The molecule has 1 heterocycles. The van der Waals surface area contributed by atoms with Crippen LogP contribution >= 0.6 is 0 Å². The molecule has 11 nitrogen and oxygen atoms in total. The summed E-state index contributed by atoms with van der Waals surface area (Å²) in [7, 11) is -8.02. The molecule has 1 amide bonds. The first-order valence-electron chi connectivity index (χ1n) is 9.35. The normalized spacial score (nSPS) is 16.2. The van der Waals surface area contributed by atoms with Crippen LogP contribution in [0.15, 0.2) is 47.4 Å². The highest BCUT2D eigenvalue weighted by Crippen LogP contribution is 2.39. The van der Waals surface area contributed by atoms with E-state index >= 15 is 0 Å². The van der Waals surface area contributed by atoms with Crippen LogP contribution in [0.2, 0.25) is 0 Å². The van der Waals surface area contributed by atoms with Crippen LogP contribution in [0.4, 0.5) is 20.6 Å². The topological polar surface area (TPSA) is 154 Å². The number of carbonyl (C=O) groups is 1. The number of benzene rings is 2. The molecule has 2 aromatic carbocycles. The molecule has 1 aliphatic heterocycles. The van der Waals surface area contributed by atoms with Gasteiger partial charge in [-0.2, -0.15) is 13.1 Å². The van der Waals surface area contributed by atoms with Gasteiger partial charge >= 0.3 is 6.09 Å². The van der Waals surface area contributed by atoms with Gasteiger partial charge in [0.2, 0.25) is 0 Å². The predicted octanol–water partition coefficient (Wildman–Crippen LogP) is 1.32. The van der Waals surface area contributed by atoms with Crippen molar-refractivity contribution < 1.29 is 35.9 Å². The molecule has 0 fully saturated rings. The van der Waals surface area contributed by atoms with E-state index in [-0.39, 0.29) is 41.7 Å². The number of fused-ring (bicyclic) bond motifs is 1. The molecular weight excluding hydrogens is 467 g/mol. The summed E-state index contributed by atoms with van der Waals surface area (Å²) in [4.78, 5) is 10.8. The molecule has 174 valence electrons. The molecule has 1 aliphatic rings. The molecule has 0 radical (unpaired) electrons. The first-order chi connectivity index (χ1) is 15.0. The lowest BCUT2D eigenvalue weighted by Crippen LogP contribution is -2.49. The summed E-state index contributed by atoms with van der Waals surface area (Å²) in [6, 6.07) is 8.23. The van der Waals surface area contributed by atoms with Crippen molar-refractivity contribution in [3.8, 4) is 5.75 Å². The van der Waals surface area contributed by atoms with Crippen molar-refractivity contribution in [1.82, 2.24) is 9.44 Å². The minimum Gasteiger partial charge on any atom is -0.485 e. The van der Waals surface area contributed by atoms with Gasteiger partial charge in [-0.05, 0) is 42.5 Å². The van der Waals surface area contributed by atoms with Gasteiger partial charge in [0.1, 0.15) is 17.7 Å². The Morgan fingerprint density at radius 2 is 1.84 bits per heavy atom. The summed E-state index contributed by atoms with van der Waals surface area (Å²) >= 11 is 0. The third-order valence-corrected chi connectivity index (χ3v) is 7.39. The lowest BCUT2D eigenvalue weighted by Gasteiger charge is -2.35. The molecule has 4 N–H and O–H groups in total. The zero-order chi connectivity index (χ0) is 23.5. The second-order valence-electron chi connectivity index (χ2n) is 6.69. The van der Waals surface area contributed by atoms with Crippen LogP contribution < -0.4 is 23.8 Å². The molecule has 32 heavy (non-hydrogen) atoms. The second kappa shape index (κ2) is 9.28. The molecule has 2 aromatic rings. The van der Waals surface area contributed by atoms with E-state index in [9.17, 15) is 26.0 Å². The Labute approximate surface area is 184 Å². The molecule has 1 unspecified atom stereocenters. The Balaban J connectivity index is 1.98. The fraction of sp³-hybridized carbons (Fsp3) is 0.278. The SMILES string of the molecule is CCNS(=O)(=O)NCC1CN(S(=O)(=O)c2ccc(F)cc2)c2cc(NC(=O)O)ccc2O1. The van der Waals surface area contributed by atoms with Gasteiger partial charge in [-0.15, -0.1) is 0 Å². The molecule has 0 spiro atoms. The minimum absolute atomic E-state index is 0.0476. The lowest BCUT2D eigenvalue weighted by molar-refractivity contribution is 0.203. The van der Waals surface area contributed by atoms with Gasteiger partial charge < -0.3 is 9.84 Å². The summed E-state index contributed by atoms with van der Waals surface area (Å²) in [5, 5.41) is 11.1. The number of carboxylic acid groups (broad SMARTS) is 1. The summed E-state index contributed by atoms with van der Waals surface area (Å²) in [6.07, 6.45) is -2.24. The van der Waals surface area contributed by atoms with E-state index in [1.54, 1.807) is 6.92 Å². The van der Waals surface area contributed by atoms with Gasteiger partial charge in [-0.1, -0.05) is 6.92 Å². The van der Waals surface area contributed by atoms with E-state index in [2.05, 4.69) is 14.8 Å². The number of sulfonamides is 1. The first-order valence-corrected chi connectivity index (χ1v) is 12.3. The summed E-state index contributed by atoms with van der Waals surface area (Å²) < 4.78 is 75.0. The van der Waals surface area contributed by atoms with Crippen LogP contribution in [0.1, 0.15) is 6.92 Å². The molecule has 14 heteroatoms. The second-order valence-corrected chi connectivity index (χ2v) is 10.1. The minimum atomic E-state index is -4.22. The molecule has 3 rings (SSSR count). The quantitative estimate of drug-likeness (QED) is 0.437. The molecule has 0 saturated heterocycles. The largest absolute Gasteiger partial charge is 0.485 e. The molecule has 0 aliphatic carbocycles. The Hall–Kier alpha value is -2.94. The third kappa shape index (κ3) is 5.45. The number of hydrogen-bond acceptors (Lipinski definition) is 6. The highest BCUT2D eigenvalue weighted by atomic mass is 32.2. The van der Waals surface area contributed by atoms with Crippen molar-refractivity contribution in [3.63, 3.8) is 0 Å². The Morgan fingerprint density at radius 3 is 2.47 bits per heavy atom. The smallest absolute Gasteiger partial charge is 0.409 e. The number of nitrogens with zero attached hydrogens (tertiary/aromatic N) is 1. The standard InChI is InChI=1S/C18H21FN4O7S2/c1-2-20-32(28,29)21-10-14-11-23(31(26,27)15-6-3-12(19)4-7-15)16-9-13(22-18(24)25)5-8-17(16)30-14/h3-9,14,20-22H,2,10-11H2,1H3,(H,24,25).